The lowest BCUT2D eigenvalue weighted by Gasteiger charge is -2.22. The van der Waals surface area contributed by atoms with Crippen LogP contribution >= 0.6 is 0 Å². The van der Waals surface area contributed by atoms with Crippen LogP contribution in [0.2, 0.25) is 0 Å². The summed E-state index contributed by atoms with van der Waals surface area (Å²) in [7, 11) is 0. The summed E-state index contributed by atoms with van der Waals surface area (Å²) in [5.74, 6) is 0. The summed E-state index contributed by atoms with van der Waals surface area (Å²) >= 11 is 0. The summed E-state index contributed by atoms with van der Waals surface area (Å²) in [6, 6.07) is 10.6. The standard InChI is InChI=1S/C17H22N2O/c18-15-6-2-1-3-7-17(15)20-12-13-8-9-16-14(11-13)5-4-10-19-16/h4-5,8-11,15,17H,1-3,6-7,12,18H2. The van der Waals surface area contributed by atoms with Crippen molar-refractivity contribution in [2.45, 2.75) is 50.9 Å². The van der Waals surface area contributed by atoms with Gasteiger partial charge in [0.05, 0.1) is 18.2 Å². The Hall–Kier alpha value is -1.45. The van der Waals surface area contributed by atoms with Gasteiger partial charge in [0.15, 0.2) is 0 Å². The molecule has 106 valence electrons. The molecule has 0 aliphatic heterocycles. The molecule has 2 aromatic rings. The molecule has 0 bridgehead atoms. The quantitative estimate of drug-likeness (QED) is 0.869. The largest absolute Gasteiger partial charge is 0.372 e. The van der Waals surface area contributed by atoms with Crippen LogP contribution in [-0.4, -0.2) is 17.1 Å². The van der Waals surface area contributed by atoms with E-state index in [0.717, 1.165) is 18.4 Å². The van der Waals surface area contributed by atoms with Crippen molar-refractivity contribution in [1.82, 2.24) is 4.98 Å². The zero-order chi connectivity index (χ0) is 13.8. The lowest BCUT2D eigenvalue weighted by Crippen LogP contribution is -2.35. The van der Waals surface area contributed by atoms with Gasteiger partial charge in [-0.1, -0.05) is 31.4 Å². The topological polar surface area (TPSA) is 48.1 Å². The highest BCUT2D eigenvalue weighted by atomic mass is 16.5. The van der Waals surface area contributed by atoms with E-state index in [1.165, 1.54) is 30.2 Å². The summed E-state index contributed by atoms with van der Waals surface area (Å²) < 4.78 is 6.06. The molecule has 1 aromatic heterocycles. The smallest absolute Gasteiger partial charge is 0.0730 e. The minimum absolute atomic E-state index is 0.194. The molecule has 0 spiro atoms. The van der Waals surface area contributed by atoms with Gasteiger partial charge in [-0.2, -0.15) is 0 Å². The number of aromatic nitrogens is 1. The van der Waals surface area contributed by atoms with E-state index in [-0.39, 0.29) is 12.1 Å². The molecular formula is C17H22N2O. The fraction of sp³-hybridized carbons (Fsp3) is 0.471. The Labute approximate surface area is 120 Å². The Morgan fingerprint density at radius 3 is 3.00 bits per heavy atom. The van der Waals surface area contributed by atoms with Crippen molar-refractivity contribution in [3.8, 4) is 0 Å². The van der Waals surface area contributed by atoms with Crippen LogP contribution in [0, 0.1) is 0 Å². The Bertz CT molecular complexity index is 570. The molecule has 3 nitrogen and oxygen atoms in total. The molecule has 20 heavy (non-hydrogen) atoms. The van der Waals surface area contributed by atoms with Gasteiger partial charge >= 0.3 is 0 Å². The normalized spacial score (nSPS) is 23.6. The SMILES string of the molecule is NC1CCCCCC1OCc1ccc2ncccc2c1. The Balaban J connectivity index is 1.66. The molecule has 1 fully saturated rings. The number of hydrogen-bond acceptors (Lipinski definition) is 3. The maximum Gasteiger partial charge on any atom is 0.0730 e. The third-order valence-corrected chi connectivity index (χ3v) is 4.14. The van der Waals surface area contributed by atoms with E-state index in [9.17, 15) is 0 Å². The van der Waals surface area contributed by atoms with E-state index in [1.807, 2.05) is 12.3 Å². The number of rotatable bonds is 3. The van der Waals surface area contributed by atoms with E-state index in [4.69, 9.17) is 10.5 Å². The highest BCUT2D eigenvalue weighted by Gasteiger charge is 2.20. The van der Waals surface area contributed by atoms with Crippen LogP contribution in [0.3, 0.4) is 0 Å². The number of nitrogens with two attached hydrogens (primary N) is 1. The first kappa shape index (κ1) is 13.5. The van der Waals surface area contributed by atoms with Crippen molar-refractivity contribution in [3.05, 3.63) is 42.1 Å². The lowest BCUT2D eigenvalue weighted by atomic mass is 10.1. The third kappa shape index (κ3) is 3.17. The van der Waals surface area contributed by atoms with Gasteiger partial charge in [0.25, 0.3) is 0 Å². The number of fused-ring (bicyclic) bond motifs is 1. The third-order valence-electron chi connectivity index (χ3n) is 4.14. The maximum absolute atomic E-state index is 6.20. The monoisotopic (exact) mass is 270 g/mol. The van der Waals surface area contributed by atoms with Crippen molar-refractivity contribution in [1.29, 1.82) is 0 Å². The summed E-state index contributed by atoms with van der Waals surface area (Å²) in [6.07, 6.45) is 7.98. The maximum atomic E-state index is 6.20. The molecule has 3 heteroatoms. The van der Waals surface area contributed by atoms with E-state index in [2.05, 4.69) is 29.2 Å². The van der Waals surface area contributed by atoms with Gasteiger partial charge < -0.3 is 10.5 Å². The van der Waals surface area contributed by atoms with Crippen LogP contribution in [0.15, 0.2) is 36.5 Å². The van der Waals surface area contributed by atoms with Gasteiger partial charge in [0, 0.05) is 17.6 Å². The first-order valence-corrected chi connectivity index (χ1v) is 7.54. The molecule has 1 aliphatic carbocycles. The van der Waals surface area contributed by atoms with Crippen molar-refractivity contribution in [2.24, 2.45) is 5.73 Å². The minimum atomic E-state index is 0.194. The molecule has 1 aliphatic rings. The molecule has 3 rings (SSSR count). The lowest BCUT2D eigenvalue weighted by molar-refractivity contribution is 0.0195. The highest BCUT2D eigenvalue weighted by molar-refractivity contribution is 5.78. The van der Waals surface area contributed by atoms with E-state index in [1.54, 1.807) is 0 Å². The Morgan fingerprint density at radius 2 is 2.05 bits per heavy atom. The van der Waals surface area contributed by atoms with Gasteiger partial charge in [-0.05, 0) is 36.6 Å². The molecule has 1 aromatic carbocycles. The van der Waals surface area contributed by atoms with Gasteiger partial charge in [0.1, 0.15) is 0 Å². The summed E-state index contributed by atoms with van der Waals surface area (Å²) in [5, 5.41) is 1.17. The molecule has 2 atom stereocenters. The number of pyridine rings is 1. The zero-order valence-electron chi connectivity index (χ0n) is 11.8. The number of hydrogen-bond donors (Lipinski definition) is 1. The van der Waals surface area contributed by atoms with Crippen molar-refractivity contribution in [3.63, 3.8) is 0 Å². The van der Waals surface area contributed by atoms with E-state index in [0.29, 0.717) is 6.61 Å². The van der Waals surface area contributed by atoms with Gasteiger partial charge in [0.2, 0.25) is 0 Å². The number of benzene rings is 1. The van der Waals surface area contributed by atoms with Crippen molar-refractivity contribution >= 4 is 10.9 Å². The molecule has 2 unspecified atom stereocenters. The summed E-state index contributed by atoms with van der Waals surface area (Å²) in [4.78, 5) is 4.34. The number of nitrogens with zero attached hydrogens (tertiary/aromatic N) is 1. The molecule has 0 radical (unpaired) electrons. The average molecular weight is 270 g/mol. The van der Waals surface area contributed by atoms with Crippen LogP contribution in [0.4, 0.5) is 0 Å². The molecular weight excluding hydrogens is 248 g/mol. The second kappa shape index (κ2) is 6.33. The molecule has 2 N–H and O–H groups in total. The summed E-state index contributed by atoms with van der Waals surface area (Å²) in [6.45, 7) is 0.642. The molecule has 1 saturated carbocycles. The Kier molecular flexibility index (Phi) is 4.28. The second-order valence-corrected chi connectivity index (χ2v) is 5.68. The van der Waals surface area contributed by atoms with E-state index < -0.39 is 0 Å². The van der Waals surface area contributed by atoms with Gasteiger partial charge in [-0.3, -0.25) is 4.98 Å². The second-order valence-electron chi connectivity index (χ2n) is 5.68. The zero-order valence-corrected chi connectivity index (χ0v) is 11.8. The van der Waals surface area contributed by atoms with E-state index >= 15 is 0 Å². The molecule has 1 heterocycles. The van der Waals surface area contributed by atoms with Crippen LogP contribution in [0.1, 0.15) is 37.7 Å². The van der Waals surface area contributed by atoms with Crippen molar-refractivity contribution < 1.29 is 4.74 Å². The van der Waals surface area contributed by atoms with Crippen LogP contribution in [0.5, 0.6) is 0 Å². The average Bonchev–Trinajstić information content (AvgIpc) is 2.69. The fourth-order valence-corrected chi connectivity index (χ4v) is 2.93. The molecule has 0 saturated heterocycles. The fourth-order valence-electron chi connectivity index (χ4n) is 2.93. The summed E-state index contributed by atoms with van der Waals surface area (Å²) in [5.41, 5.74) is 8.42. The van der Waals surface area contributed by atoms with Crippen LogP contribution in [0.25, 0.3) is 10.9 Å². The predicted octanol–water partition coefficient (Wildman–Crippen LogP) is 3.41. The van der Waals surface area contributed by atoms with Gasteiger partial charge in [-0.25, -0.2) is 0 Å². The first-order chi connectivity index (χ1) is 9.83. The predicted molar refractivity (Wildman–Crippen MR) is 81.4 cm³/mol. The molecule has 0 amide bonds. The first-order valence-electron chi connectivity index (χ1n) is 7.54. The van der Waals surface area contributed by atoms with Gasteiger partial charge in [-0.15, -0.1) is 0 Å². The highest BCUT2D eigenvalue weighted by Crippen LogP contribution is 2.21. The number of ether oxygens (including phenoxy) is 1. The van der Waals surface area contributed by atoms with Crippen LogP contribution in [-0.2, 0) is 11.3 Å². The van der Waals surface area contributed by atoms with Crippen LogP contribution < -0.4 is 5.73 Å². The Morgan fingerprint density at radius 1 is 1.15 bits per heavy atom. The minimum Gasteiger partial charge on any atom is -0.372 e. The van der Waals surface area contributed by atoms with Crippen molar-refractivity contribution in [2.75, 3.05) is 0 Å².